The minimum absolute atomic E-state index is 0.240. The molecule has 1 unspecified atom stereocenters. The number of nitrogens with zero attached hydrogens (tertiary/aromatic N) is 2. The third kappa shape index (κ3) is 3.87. The van der Waals surface area contributed by atoms with Crippen LogP contribution in [0.25, 0.3) is 0 Å². The number of anilines is 2. The SMILES string of the molecule is Cc1ccc(S(=O)(=O)Nc2ccc(N3CCCC(C)C3)cn2)cc1. The molecule has 0 spiro atoms. The van der Waals surface area contributed by atoms with Crippen molar-refractivity contribution in [3.05, 3.63) is 48.2 Å². The first-order valence-corrected chi connectivity index (χ1v) is 9.73. The highest BCUT2D eigenvalue weighted by atomic mass is 32.2. The minimum Gasteiger partial charge on any atom is -0.370 e. The summed E-state index contributed by atoms with van der Waals surface area (Å²) in [6.45, 7) is 6.23. The van der Waals surface area contributed by atoms with Crippen LogP contribution >= 0.6 is 0 Å². The van der Waals surface area contributed by atoms with Crippen LogP contribution in [0.4, 0.5) is 11.5 Å². The Morgan fingerprint density at radius 1 is 1.17 bits per heavy atom. The van der Waals surface area contributed by atoms with E-state index in [-0.39, 0.29) is 4.90 Å². The van der Waals surface area contributed by atoms with E-state index < -0.39 is 10.0 Å². The van der Waals surface area contributed by atoms with E-state index in [1.165, 1.54) is 12.8 Å². The van der Waals surface area contributed by atoms with Crippen molar-refractivity contribution in [2.24, 2.45) is 5.92 Å². The molecule has 3 rings (SSSR count). The normalized spacial score (nSPS) is 18.4. The highest BCUT2D eigenvalue weighted by molar-refractivity contribution is 7.92. The molecule has 0 amide bonds. The molecule has 2 heterocycles. The highest BCUT2D eigenvalue weighted by Crippen LogP contribution is 2.23. The van der Waals surface area contributed by atoms with Gasteiger partial charge in [-0.1, -0.05) is 24.6 Å². The van der Waals surface area contributed by atoms with Gasteiger partial charge in [0.25, 0.3) is 10.0 Å². The molecule has 2 aromatic rings. The summed E-state index contributed by atoms with van der Waals surface area (Å²) in [5, 5.41) is 0. The fraction of sp³-hybridized carbons (Fsp3) is 0.389. The monoisotopic (exact) mass is 345 g/mol. The van der Waals surface area contributed by atoms with Crippen molar-refractivity contribution in [1.29, 1.82) is 0 Å². The average molecular weight is 345 g/mol. The standard InChI is InChI=1S/C18H23N3O2S/c1-14-5-8-17(9-6-14)24(22,23)20-18-10-7-16(12-19-18)21-11-3-4-15(2)13-21/h5-10,12,15H,3-4,11,13H2,1-2H3,(H,19,20). The van der Waals surface area contributed by atoms with E-state index >= 15 is 0 Å². The smallest absolute Gasteiger partial charge is 0.263 e. The molecule has 128 valence electrons. The van der Waals surface area contributed by atoms with Gasteiger partial charge < -0.3 is 4.90 Å². The van der Waals surface area contributed by atoms with Gasteiger partial charge in [-0.2, -0.15) is 0 Å². The lowest BCUT2D eigenvalue weighted by Crippen LogP contribution is -2.34. The van der Waals surface area contributed by atoms with Crippen molar-refractivity contribution in [1.82, 2.24) is 4.98 Å². The zero-order chi connectivity index (χ0) is 17.2. The molecule has 1 aromatic heterocycles. The molecule has 0 aliphatic carbocycles. The van der Waals surface area contributed by atoms with Gasteiger partial charge >= 0.3 is 0 Å². The summed E-state index contributed by atoms with van der Waals surface area (Å²) in [4.78, 5) is 6.82. The lowest BCUT2D eigenvalue weighted by atomic mass is 10.00. The van der Waals surface area contributed by atoms with Crippen LogP contribution in [0, 0.1) is 12.8 Å². The summed E-state index contributed by atoms with van der Waals surface area (Å²) < 4.78 is 27.3. The number of hydrogen-bond donors (Lipinski definition) is 1. The van der Waals surface area contributed by atoms with Crippen molar-refractivity contribution in [3.63, 3.8) is 0 Å². The quantitative estimate of drug-likeness (QED) is 0.922. The highest BCUT2D eigenvalue weighted by Gasteiger charge is 2.18. The maximum Gasteiger partial charge on any atom is 0.263 e. The maximum absolute atomic E-state index is 12.4. The van der Waals surface area contributed by atoms with E-state index in [0.29, 0.717) is 11.7 Å². The molecule has 1 aliphatic heterocycles. The van der Waals surface area contributed by atoms with Crippen LogP contribution < -0.4 is 9.62 Å². The van der Waals surface area contributed by atoms with Gasteiger partial charge in [0.15, 0.2) is 0 Å². The van der Waals surface area contributed by atoms with Gasteiger partial charge in [-0.15, -0.1) is 0 Å². The molecule has 1 saturated heterocycles. The maximum atomic E-state index is 12.4. The number of hydrogen-bond acceptors (Lipinski definition) is 4. The van der Waals surface area contributed by atoms with Crippen LogP contribution in [-0.2, 0) is 10.0 Å². The van der Waals surface area contributed by atoms with Crippen LogP contribution in [0.3, 0.4) is 0 Å². The van der Waals surface area contributed by atoms with Crippen molar-refractivity contribution >= 4 is 21.5 Å². The zero-order valence-electron chi connectivity index (χ0n) is 14.1. The van der Waals surface area contributed by atoms with Gasteiger partial charge in [-0.3, -0.25) is 4.72 Å². The van der Waals surface area contributed by atoms with Gasteiger partial charge in [-0.05, 0) is 49.9 Å². The van der Waals surface area contributed by atoms with Crippen LogP contribution in [0.1, 0.15) is 25.3 Å². The second-order valence-corrected chi connectivity index (χ2v) is 8.20. The second-order valence-electron chi connectivity index (χ2n) is 6.51. The fourth-order valence-corrected chi connectivity index (χ4v) is 3.98. The summed E-state index contributed by atoms with van der Waals surface area (Å²) in [6, 6.07) is 10.4. The molecular formula is C18H23N3O2S. The van der Waals surface area contributed by atoms with Crippen LogP contribution in [0.2, 0.25) is 0 Å². The molecule has 1 aromatic carbocycles. The summed E-state index contributed by atoms with van der Waals surface area (Å²) >= 11 is 0. The third-order valence-electron chi connectivity index (χ3n) is 4.34. The van der Waals surface area contributed by atoms with E-state index in [1.54, 1.807) is 36.5 Å². The molecule has 6 heteroatoms. The van der Waals surface area contributed by atoms with Gasteiger partial charge in [0.1, 0.15) is 5.82 Å². The Hall–Kier alpha value is -2.08. The van der Waals surface area contributed by atoms with Crippen molar-refractivity contribution in [2.45, 2.75) is 31.6 Å². The summed E-state index contributed by atoms with van der Waals surface area (Å²) in [7, 11) is -3.60. The Kier molecular flexibility index (Phi) is 4.76. The van der Waals surface area contributed by atoms with Crippen molar-refractivity contribution in [2.75, 3.05) is 22.7 Å². The Balaban J connectivity index is 1.72. The Morgan fingerprint density at radius 3 is 2.54 bits per heavy atom. The Bertz CT molecular complexity index is 786. The summed E-state index contributed by atoms with van der Waals surface area (Å²) in [5.74, 6) is 1.02. The van der Waals surface area contributed by atoms with Crippen LogP contribution in [0.5, 0.6) is 0 Å². The summed E-state index contributed by atoms with van der Waals surface area (Å²) in [6.07, 6.45) is 4.19. The topological polar surface area (TPSA) is 62.3 Å². The third-order valence-corrected chi connectivity index (χ3v) is 5.71. The van der Waals surface area contributed by atoms with E-state index in [2.05, 4.69) is 21.5 Å². The molecule has 5 nitrogen and oxygen atoms in total. The molecule has 1 atom stereocenters. The summed E-state index contributed by atoms with van der Waals surface area (Å²) in [5.41, 5.74) is 2.06. The largest absolute Gasteiger partial charge is 0.370 e. The first kappa shape index (κ1) is 16.8. The predicted octanol–water partition coefficient (Wildman–Crippen LogP) is 3.43. The van der Waals surface area contributed by atoms with E-state index in [1.807, 2.05) is 13.0 Å². The molecule has 1 fully saturated rings. The number of pyridine rings is 1. The van der Waals surface area contributed by atoms with Crippen molar-refractivity contribution < 1.29 is 8.42 Å². The minimum atomic E-state index is -3.60. The van der Waals surface area contributed by atoms with E-state index in [0.717, 1.165) is 24.3 Å². The number of aromatic nitrogens is 1. The molecule has 0 bridgehead atoms. The van der Waals surface area contributed by atoms with Gasteiger partial charge in [-0.25, -0.2) is 13.4 Å². The van der Waals surface area contributed by atoms with E-state index in [9.17, 15) is 8.42 Å². The molecule has 0 saturated carbocycles. The predicted molar refractivity (Wildman–Crippen MR) is 96.8 cm³/mol. The average Bonchev–Trinajstić information content (AvgIpc) is 2.55. The zero-order valence-corrected chi connectivity index (χ0v) is 14.9. The van der Waals surface area contributed by atoms with Gasteiger partial charge in [0, 0.05) is 13.1 Å². The van der Waals surface area contributed by atoms with E-state index in [4.69, 9.17) is 0 Å². The number of piperidine rings is 1. The molecule has 1 aliphatic rings. The molecular weight excluding hydrogens is 322 g/mol. The number of nitrogens with one attached hydrogen (secondary N) is 1. The molecule has 0 radical (unpaired) electrons. The Morgan fingerprint density at radius 2 is 1.92 bits per heavy atom. The first-order chi connectivity index (χ1) is 11.4. The second kappa shape index (κ2) is 6.81. The Labute approximate surface area is 143 Å². The first-order valence-electron chi connectivity index (χ1n) is 8.24. The lowest BCUT2D eigenvalue weighted by molar-refractivity contribution is 0.446. The molecule has 24 heavy (non-hydrogen) atoms. The van der Waals surface area contributed by atoms with Gasteiger partial charge in [0.05, 0.1) is 16.8 Å². The van der Waals surface area contributed by atoms with Gasteiger partial charge in [0.2, 0.25) is 0 Å². The number of benzene rings is 1. The fourth-order valence-electron chi connectivity index (χ4n) is 2.97. The number of aryl methyl sites for hydroxylation is 1. The van der Waals surface area contributed by atoms with Crippen LogP contribution in [-0.4, -0.2) is 26.5 Å². The number of rotatable bonds is 4. The lowest BCUT2D eigenvalue weighted by Gasteiger charge is -2.32. The number of sulfonamides is 1. The van der Waals surface area contributed by atoms with Crippen LogP contribution in [0.15, 0.2) is 47.5 Å². The van der Waals surface area contributed by atoms with Crippen molar-refractivity contribution in [3.8, 4) is 0 Å². The molecule has 1 N–H and O–H groups in total.